The number of thiazole rings is 1. The van der Waals surface area contributed by atoms with Crippen molar-refractivity contribution in [2.75, 3.05) is 13.1 Å². The van der Waals surface area contributed by atoms with Crippen LogP contribution in [0.15, 0.2) is 54.9 Å². The molecule has 152 valence electrons. The Bertz CT molecular complexity index is 1170. The number of pyridine rings is 2. The van der Waals surface area contributed by atoms with Crippen LogP contribution in [0.3, 0.4) is 0 Å². The fraction of sp³-hybridized carbons (Fsp3) is 0.320. The summed E-state index contributed by atoms with van der Waals surface area (Å²) in [5.74, 6) is 0. The molecular formula is C25H26N4S. The highest BCUT2D eigenvalue weighted by molar-refractivity contribution is 7.18. The van der Waals surface area contributed by atoms with Crippen molar-refractivity contribution in [1.29, 1.82) is 0 Å². The number of hydrogen-bond acceptors (Lipinski definition) is 5. The van der Waals surface area contributed by atoms with Crippen molar-refractivity contribution < 1.29 is 0 Å². The standard InChI is InChI=1S/C25H26N4S/c1-17-7-6-13-29(17)14-11-20-15-19-8-3-4-10-22(19)28-23(20)24-18(2)27-25(30-24)21-9-5-12-26-16-21/h3-5,8-10,12,15-17H,6-7,11,13-14H2,1-2H3/t17-/m1/s1. The van der Waals surface area contributed by atoms with Crippen LogP contribution in [0.5, 0.6) is 0 Å². The van der Waals surface area contributed by atoms with Crippen molar-refractivity contribution in [3.8, 4) is 21.1 Å². The average Bonchev–Trinajstić information content (AvgIpc) is 3.37. The maximum absolute atomic E-state index is 5.11. The number of aromatic nitrogens is 3. The van der Waals surface area contributed by atoms with Gasteiger partial charge >= 0.3 is 0 Å². The SMILES string of the molecule is Cc1nc(-c2cccnc2)sc1-c1nc2ccccc2cc1CCN1CCC[C@H]1C. The molecule has 1 aromatic carbocycles. The first-order valence-electron chi connectivity index (χ1n) is 10.7. The van der Waals surface area contributed by atoms with Gasteiger partial charge in [0.05, 0.1) is 21.8 Å². The predicted molar refractivity (Wildman–Crippen MR) is 125 cm³/mol. The summed E-state index contributed by atoms with van der Waals surface area (Å²) in [5, 5.41) is 2.21. The molecule has 0 amide bonds. The topological polar surface area (TPSA) is 41.9 Å². The first kappa shape index (κ1) is 19.3. The number of fused-ring (bicyclic) bond motifs is 1. The molecule has 0 saturated carbocycles. The Balaban J connectivity index is 1.56. The molecule has 3 aromatic heterocycles. The Kier molecular flexibility index (Phi) is 5.32. The molecule has 0 unspecified atom stereocenters. The summed E-state index contributed by atoms with van der Waals surface area (Å²) in [6.07, 6.45) is 7.31. The number of para-hydroxylation sites is 1. The van der Waals surface area contributed by atoms with E-state index in [1.54, 1.807) is 17.5 Å². The van der Waals surface area contributed by atoms with Gasteiger partial charge in [-0.15, -0.1) is 11.3 Å². The van der Waals surface area contributed by atoms with Gasteiger partial charge in [-0.3, -0.25) is 4.98 Å². The van der Waals surface area contributed by atoms with E-state index in [2.05, 4.69) is 60.1 Å². The molecule has 0 radical (unpaired) electrons. The van der Waals surface area contributed by atoms with Crippen molar-refractivity contribution in [3.05, 3.63) is 66.1 Å². The Morgan fingerprint density at radius 3 is 2.83 bits per heavy atom. The van der Waals surface area contributed by atoms with E-state index in [9.17, 15) is 0 Å². The fourth-order valence-corrected chi connectivity index (χ4v) is 5.45. The van der Waals surface area contributed by atoms with Crippen LogP contribution in [0.2, 0.25) is 0 Å². The molecule has 4 heterocycles. The van der Waals surface area contributed by atoms with Crippen LogP contribution in [-0.2, 0) is 6.42 Å². The quantitative estimate of drug-likeness (QED) is 0.417. The lowest BCUT2D eigenvalue weighted by Gasteiger charge is -2.21. The van der Waals surface area contributed by atoms with Crippen LogP contribution in [0.4, 0.5) is 0 Å². The second kappa shape index (κ2) is 8.25. The molecule has 4 nitrogen and oxygen atoms in total. The van der Waals surface area contributed by atoms with Crippen molar-refractivity contribution in [1.82, 2.24) is 19.9 Å². The average molecular weight is 415 g/mol. The van der Waals surface area contributed by atoms with Crippen LogP contribution in [-0.4, -0.2) is 39.0 Å². The number of benzene rings is 1. The zero-order valence-corrected chi connectivity index (χ0v) is 18.3. The van der Waals surface area contributed by atoms with Crippen LogP contribution in [0.25, 0.3) is 32.0 Å². The van der Waals surface area contributed by atoms with E-state index in [4.69, 9.17) is 9.97 Å². The lowest BCUT2D eigenvalue weighted by Crippen LogP contribution is -2.29. The summed E-state index contributed by atoms with van der Waals surface area (Å²) >= 11 is 1.72. The molecule has 30 heavy (non-hydrogen) atoms. The minimum absolute atomic E-state index is 0.684. The smallest absolute Gasteiger partial charge is 0.125 e. The highest BCUT2D eigenvalue weighted by atomic mass is 32.1. The molecule has 1 atom stereocenters. The van der Waals surface area contributed by atoms with E-state index in [1.165, 1.54) is 35.2 Å². The second-order valence-corrected chi connectivity index (χ2v) is 9.14. The normalized spacial score (nSPS) is 17.1. The largest absolute Gasteiger partial charge is 0.300 e. The van der Waals surface area contributed by atoms with Crippen LogP contribution in [0.1, 0.15) is 31.0 Å². The van der Waals surface area contributed by atoms with Gasteiger partial charge in [-0.05, 0) is 69.5 Å². The summed E-state index contributed by atoms with van der Waals surface area (Å²) in [5.41, 5.74) is 5.55. The summed E-state index contributed by atoms with van der Waals surface area (Å²) in [6, 6.07) is 15.5. The van der Waals surface area contributed by atoms with E-state index in [0.29, 0.717) is 6.04 Å². The summed E-state index contributed by atoms with van der Waals surface area (Å²) in [7, 11) is 0. The molecule has 1 aliphatic rings. The number of likely N-dealkylation sites (tertiary alicyclic amines) is 1. The highest BCUT2D eigenvalue weighted by Gasteiger charge is 2.22. The molecule has 0 bridgehead atoms. The molecule has 0 N–H and O–H groups in total. The minimum atomic E-state index is 0.684. The molecule has 5 rings (SSSR count). The zero-order chi connectivity index (χ0) is 20.5. The molecule has 0 spiro atoms. The number of hydrogen-bond donors (Lipinski definition) is 0. The Labute approximate surface area is 181 Å². The predicted octanol–water partition coefficient (Wildman–Crippen LogP) is 5.76. The monoisotopic (exact) mass is 414 g/mol. The summed E-state index contributed by atoms with van der Waals surface area (Å²) < 4.78 is 0. The summed E-state index contributed by atoms with van der Waals surface area (Å²) in [4.78, 5) is 18.0. The van der Waals surface area contributed by atoms with Gasteiger partial charge in [0.1, 0.15) is 5.01 Å². The first-order valence-corrected chi connectivity index (χ1v) is 11.5. The van der Waals surface area contributed by atoms with Crippen molar-refractivity contribution in [2.45, 2.75) is 39.2 Å². The van der Waals surface area contributed by atoms with Gasteiger partial charge in [0, 0.05) is 35.9 Å². The van der Waals surface area contributed by atoms with E-state index in [0.717, 1.165) is 40.4 Å². The van der Waals surface area contributed by atoms with Crippen LogP contribution < -0.4 is 0 Å². The third-order valence-corrected chi connectivity index (χ3v) is 7.30. The minimum Gasteiger partial charge on any atom is -0.300 e. The Morgan fingerprint density at radius 1 is 1.13 bits per heavy atom. The van der Waals surface area contributed by atoms with Crippen molar-refractivity contribution in [3.63, 3.8) is 0 Å². The zero-order valence-electron chi connectivity index (χ0n) is 17.5. The Morgan fingerprint density at radius 2 is 2.03 bits per heavy atom. The molecule has 4 aromatic rings. The van der Waals surface area contributed by atoms with Gasteiger partial charge < -0.3 is 4.90 Å². The molecule has 1 saturated heterocycles. The highest BCUT2D eigenvalue weighted by Crippen LogP contribution is 2.37. The number of nitrogens with zero attached hydrogens (tertiary/aromatic N) is 4. The number of rotatable bonds is 5. The van der Waals surface area contributed by atoms with Crippen LogP contribution >= 0.6 is 11.3 Å². The van der Waals surface area contributed by atoms with Crippen molar-refractivity contribution in [2.24, 2.45) is 0 Å². The van der Waals surface area contributed by atoms with E-state index >= 15 is 0 Å². The summed E-state index contributed by atoms with van der Waals surface area (Å²) in [6.45, 7) is 6.73. The molecule has 0 aliphatic carbocycles. The van der Waals surface area contributed by atoms with Crippen molar-refractivity contribution >= 4 is 22.2 Å². The molecule has 1 fully saturated rings. The van der Waals surface area contributed by atoms with E-state index in [-0.39, 0.29) is 0 Å². The van der Waals surface area contributed by atoms with Gasteiger partial charge in [0.25, 0.3) is 0 Å². The third kappa shape index (κ3) is 3.75. The second-order valence-electron chi connectivity index (χ2n) is 8.14. The van der Waals surface area contributed by atoms with Gasteiger partial charge in [-0.25, -0.2) is 9.97 Å². The molecule has 5 heteroatoms. The number of aryl methyl sites for hydroxylation is 1. The van der Waals surface area contributed by atoms with E-state index in [1.807, 2.05) is 12.3 Å². The van der Waals surface area contributed by atoms with Crippen LogP contribution in [0, 0.1) is 6.92 Å². The lowest BCUT2D eigenvalue weighted by atomic mass is 10.0. The maximum atomic E-state index is 5.11. The molecule has 1 aliphatic heterocycles. The van der Waals surface area contributed by atoms with Gasteiger partial charge in [0.2, 0.25) is 0 Å². The van der Waals surface area contributed by atoms with Gasteiger partial charge in [-0.2, -0.15) is 0 Å². The lowest BCUT2D eigenvalue weighted by molar-refractivity contribution is 0.272. The first-order chi connectivity index (χ1) is 14.7. The van der Waals surface area contributed by atoms with Gasteiger partial charge in [0.15, 0.2) is 0 Å². The van der Waals surface area contributed by atoms with Gasteiger partial charge in [-0.1, -0.05) is 18.2 Å². The maximum Gasteiger partial charge on any atom is 0.125 e. The fourth-order valence-electron chi connectivity index (χ4n) is 4.36. The third-order valence-electron chi connectivity index (χ3n) is 6.08. The Hall–Kier alpha value is -2.63. The molecular weight excluding hydrogens is 388 g/mol. The van der Waals surface area contributed by atoms with E-state index < -0.39 is 0 Å².